The van der Waals surface area contributed by atoms with Gasteiger partial charge in [0.05, 0.1) is 0 Å². The first kappa shape index (κ1) is 14.1. The van der Waals surface area contributed by atoms with Crippen LogP contribution >= 0.6 is 0 Å². The van der Waals surface area contributed by atoms with Gasteiger partial charge in [-0.25, -0.2) is 0 Å². The molecule has 1 heterocycles. The van der Waals surface area contributed by atoms with Gasteiger partial charge in [-0.2, -0.15) is 0 Å². The van der Waals surface area contributed by atoms with Gasteiger partial charge >= 0.3 is 0 Å². The van der Waals surface area contributed by atoms with Gasteiger partial charge in [-0.1, -0.05) is 37.6 Å². The third kappa shape index (κ3) is 4.67. The van der Waals surface area contributed by atoms with E-state index in [2.05, 4.69) is 34.5 Å². The Morgan fingerprint density at radius 3 is 2.68 bits per heavy atom. The number of piperidine rings is 1. The zero-order valence-electron chi connectivity index (χ0n) is 11.8. The van der Waals surface area contributed by atoms with Crippen molar-refractivity contribution in [3.05, 3.63) is 35.4 Å². The number of nitrogens with one attached hydrogen (secondary N) is 1. The fraction of sp³-hybridized carbons (Fsp3) is 0.562. The van der Waals surface area contributed by atoms with Crippen LogP contribution in [0.3, 0.4) is 0 Å². The summed E-state index contributed by atoms with van der Waals surface area (Å²) in [5, 5.41) is 2.93. The summed E-state index contributed by atoms with van der Waals surface area (Å²) >= 11 is 0. The molecule has 0 saturated carbocycles. The molecule has 1 aliphatic rings. The minimum Gasteiger partial charge on any atom is -0.352 e. The standard InChI is InChI=1S/C16H24N2O/c1-2-16(19)17-12-14-7-6-8-15(11-14)13-18-9-4-3-5-10-18/h6-8,11H,2-5,9-10,12-13H2,1H3,(H,17,19). The number of rotatable bonds is 5. The van der Waals surface area contributed by atoms with E-state index in [9.17, 15) is 4.79 Å². The molecular weight excluding hydrogens is 236 g/mol. The molecule has 19 heavy (non-hydrogen) atoms. The second-order valence-corrected chi connectivity index (χ2v) is 5.29. The van der Waals surface area contributed by atoms with E-state index < -0.39 is 0 Å². The summed E-state index contributed by atoms with van der Waals surface area (Å²) in [6.45, 7) is 5.99. The van der Waals surface area contributed by atoms with Gasteiger partial charge in [-0.3, -0.25) is 9.69 Å². The van der Waals surface area contributed by atoms with E-state index >= 15 is 0 Å². The topological polar surface area (TPSA) is 32.3 Å². The van der Waals surface area contributed by atoms with Crippen LogP contribution in [0.1, 0.15) is 43.7 Å². The first-order valence-electron chi connectivity index (χ1n) is 7.35. The highest BCUT2D eigenvalue weighted by Crippen LogP contribution is 2.14. The summed E-state index contributed by atoms with van der Waals surface area (Å²) in [6.07, 6.45) is 4.57. The number of nitrogens with zero attached hydrogens (tertiary/aromatic N) is 1. The smallest absolute Gasteiger partial charge is 0.219 e. The Bertz CT molecular complexity index is 411. The molecule has 1 N–H and O–H groups in total. The quantitative estimate of drug-likeness (QED) is 0.883. The highest BCUT2D eigenvalue weighted by atomic mass is 16.1. The van der Waals surface area contributed by atoms with Crippen LogP contribution in [-0.4, -0.2) is 23.9 Å². The van der Waals surface area contributed by atoms with Crippen molar-refractivity contribution in [2.45, 2.75) is 45.7 Å². The lowest BCUT2D eigenvalue weighted by molar-refractivity contribution is -0.120. The highest BCUT2D eigenvalue weighted by molar-refractivity contribution is 5.75. The van der Waals surface area contributed by atoms with E-state index in [1.165, 1.54) is 43.5 Å². The molecule has 3 heteroatoms. The van der Waals surface area contributed by atoms with Crippen LogP contribution in [0.4, 0.5) is 0 Å². The van der Waals surface area contributed by atoms with E-state index in [-0.39, 0.29) is 5.91 Å². The summed E-state index contributed by atoms with van der Waals surface area (Å²) in [5.41, 5.74) is 2.54. The normalized spacial score (nSPS) is 16.3. The van der Waals surface area contributed by atoms with Gasteiger partial charge in [0.1, 0.15) is 0 Å². The zero-order chi connectivity index (χ0) is 13.5. The maximum atomic E-state index is 11.3. The van der Waals surface area contributed by atoms with Crippen molar-refractivity contribution in [1.82, 2.24) is 10.2 Å². The lowest BCUT2D eigenvalue weighted by atomic mass is 10.1. The van der Waals surface area contributed by atoms with Crippen LogP contribution in [-0.2, 0) is 17.9 Å². The minimum atomic E-state index is 0.112. The van der Waals surface area contributed by atoms with Gasteiger partial charge in [0.25, 0.3) is 0 Å². The van der Waals surface area contributed by atoms with Crippen LogP contribution in [0, 0.1) is 0 Å². The van der Waals surface area contributed by atoms with Gasteiger partial charge in [0, 0.05) is 19.5 Å². The number of likely N-dealkylation sites (tertiary alicyclic amines) is 1. The largest absolute Gasteiger partial charge is 0.352 e. The Kier molecular flexibility index (Phi) is 5.40. The maximum absolute atomic E-state index is 11.3. The van der Waals surface area contributed by atoms with Gasteiger partial charge in [0.15, 0.2) is 0 Å². The van der Waals surface area contributed by atoms with Crippen LogP contribution < -0.4 is 5.32 Å². The van der Waals surface area contributed by atoms with Crippen molar-refractivity contribution in [3.63, 3.8) is 0 Å². The number of hydrogen-bond donors (Lipinski definition) is 1. The fourth-order valence-electron chi connectivity index (χ4n) is 2.54. The summed E-state index contributed by atoms with van der Waals surface area (Å²) in [4.78, 5) is 13.8. The third-order valence-corrected chi connectivity index (χ3v) is 3.66. The maximum Gasteiger partial charge on any atom is 0.219 e. The molecule has 3 nitrogen and oxygen atoms in total. The van der Waals surface area contributed by atoms with Crippen LogP contribution in [0.25, 0.3) is 0 Å². The Labute approximate surface area is 116 Å². The fourth-order valence-corrected chi connectivity index (χ4v) is 2.54. The first-order valence-corrected chi connectivity index (χ1v) is 7.35. The number of carbonyl (C=O) groups excluding carboxylic acids is 1. The van der Waals surface area contributed by atoms with E-state index in [1.807, 2.05) is 6.92 Å². The molecule has 0 atom stereocenters. The number of carbonyl (C=O) groups is 1. The number of amides is 1. The average Bonchev–Trinajstić information content (AvgIpc) is 2.46. The molecule has 0 aromatic heterocycles. The number of benzene rings is 1. The molecule has 1 aromatic rings. The highest BCUT2D eigenvalue weighted by Gasteiger charge is 2.10. The Morgan fingerprint density at radius 2 is 1.95 bits per heavy atom. The average molecular weight is 260 g/mol. The second-order valence-electron chi connectivity index (χ2n) is 5.29. The monoisotopic (exact) mass is 260 g/mol. The van der Waals surface area contributed by atoms with Crippen LogP contribution in [0.15, 0.2) is 24.3 Å². The summed E-state index contributed by atoms with van der Waals surface area (Å²) in [7, 11) is 0. The molecule has 1 aliphatic heterocycles. The molecule has 0 spiro atoms. The van der Waals surface area contributed by atoms with Crippen molar-refractivity contribution in [3.8, 4) is 0 Å². The molecule has 2 rings (SSSR count). The van der Waals surface area contributed by atoms with Crippen molar-refractivity contribution in [2.24, 2.45) is 0 Å². The lowest BCUT2D eigenvalue weighted by Gasteiger charge is -2.26. The first-order chi connectivity index (χ1) is 9.28. The molecule has 0 aliphatic carbocycles. The van der Waals surface area contributed by atoms with E-state index in [4.69, 9.17) is 0 Å². The number of hydrogen-bond acceptors (Lipinski definition) is 2. The predicted molar refractivity (Wildman–Crippen MR) is 77.7 cm³/mol. The molecule has 1 saturated heterocycles. The van der Waals surface area contributed by atoms with Crippen molar-refractivity contribution < 1.29 is 4.79 Å². The van der Waals surface area contributed by atoms with Crippen molar-refractivity contribution in [1.29, 1.82) is 0 Å². The van der Waals surface area contributed by atoms with Gasteiger partial charge in [0.2, 0.25) is 5.91 Å². The summed E-state index contributed by atoms with van der Waals surface area (Å²) in [6, 6.07) is 8.56. The summed E-state index contributed by atoms with van der Waals surface area (Å²) in [5.74, 6) is 0.112. The van der Waals surface area contributed by atoms with Crippen molar-refractivity contribution in [2.75, 3.05) is 13.1 Å². The van der Waals surface area contributed by atoms with E-state index in [1.54, 1.807) is 0 Å². The Hall–Kier alpha value is -1.35. The molecule has 0 unspecified atom stereocenters. The SMILES string of the molecule is CCC(=O)NCc1cccc(CN2CCCCC2)c1. The van der Waals surface area contributed by atoms with E-state index in [0.29, 0.717) is 13.0 Å². The lowest BCUT2D eigenvalue weighted by Crippen LogP contribution is -2.29. The van der Waals surface area contributed by atoms with E-state index in [0.717, 1.165) is 6.54 Å². The molecule has 104 valence electrons. The summed E-state index contributed by atoms with van der Waals surface area (Å²) < 4.78 is 0. The van der Waals surface area contributed by atoms with Gasteiger partial charge < -0.3 is 5.32 Å². The Balaban J connectivity index is 1.88. The molecular formula is C16H24N2O. The molecule has 0 radical (unpaired) electrons. The van der Waals surface area contributed by atoms with Crippen LogP contribution in [0.2, 0.25) is 0 Å². The van der Waals surface area contributed by atoms with Gasteiger partial charge in [-0.05, 0) is 37.1 Å². The predicted octanol–water partition coefficient (Wildman–Crippen LogP) is 2.70. The van der Waals surface area contributed by atoms with Gasteiger partial charge in [-0.15, -0.1) is 0 Å². The molecule has 0 bridgehead atoms. The minimum absolute atomic E-state index is 0.112. The van der Waals surface area contributed by atoms with Crippen molar-refractivity contribution >= 4 is 5.91 Å². The molecule has 1 fully saturated rings. The zero-order valence-corrected chi connectivity index (χ0v) is 11.8. The molecule has 1 amide bonds. The Morgan fingerprint density at radius 1 is 1.21 bits per heavy atom. The molecule has 1 aromatic carbocycles. The van der Waals surface area contributed by atoms with Crippen LogP contribution in [0.5, 0.6) is 0 Å². The second kappa shape index (κ2) is 7.29. The third-order valence-electron chi connectivity index (χ3n) is 3.66.